The molecule has 3 aliphatic heterocycles. The lowest BCUT2D eigenvalue weighted by atomic mass is 9.79. The SMILES string of the molecule is CCCCCCCCCCCCCC1OC1OC(=O)C1CC2OC2CC1C(=O)OC1OC1CCCCCCCCCCCCC. The molecule has 4 aliphatic rings. The molecule has 0 radical (unpaired) electrons. The van der Waals surface area contributed by atoms with Crippen molar-refractivity contribution in [1.82, 2.24) is 0 Å². The maximum absolute atomic E-state index is 13.1. The maximum Gasteiger partial charge on any atom is 0.312 e. The van der Waals surface area contributed by atoms with Gasteiger partial charge in [-0.15, -0.1) is 0 Å². The maximum atomic E-state index is 13.1. The number of epoxide rings is 3. The number of ether oxygens (including phenoxy) is 5. The van der Waals surface area contributed by atoms with Gasteiger partial charge in [0.25, 0.3) is 0 Å². The molecule has 0 N–H and O–H groups in total. The largest absolute Gasteiger partial charge is 0.433 e. The minimum absolute atomic E-state index is 0.00241. The summed E-state index contributed by atoms with van der Waals surface area (Å²) in [5.74, 6) is -1.74. The molecule has 0 aromatic heterocycles. The molecule has 7 nitrogen and oxygen atoms in total. The van der Waals surface area contributed by atoms with Gasteiger partial charge in [-0.25, -0.2) is 0 Å². The summed E-state index contributed by atoms with van der Waals surface area (Å²) in [6, 6.07) is 0. The van der Waals surface area contributed by atoms with Crippen LogP contribution in [0.2, 0.25) is 0 Å². The fraction of sp³-hybridized carbons (Fsp3) is 0.947. The molecule has 8 atom stereocenters. The van der Waals surface area contributed by atoms with E-state index < -0.39 is 24.4 Å². The summed E-state index contributed by atoms with van der Waals surface area (Å²) in [7, 11) is 0. The Morgan fingerprint density at radius 2 is 0.778 bits per heavy atom. The van der Waals surface area contributed by atoms with E-state index in [1.807, 2.05) is 0 Å². The first kappa shape index (κ1) is 36.7. The van der Waals surface area contributed by atoms with Crippen LogP contribution < -0.4 is 0 Å². The zero-order valence-corrected chi connectivity index (χ0v) is 28.9. The number of carbonyl (C=O) groups is 2. The Kier molecular flexibility index (Phi) is 17.0. The van der Waals surface area contributed by atoms with Crippen LogP contribution in [0.4, 0.5) is 0 Å². The normalized spacial score (nSPS) is 29.6. The van der Waals surface area contributed by atoms with E-state index in [9.17, 15) is 9.59 Å². The second kappa shape index (κ2) is 20.9. The summed E-state index contributed by atoms with van der Waals surface area (Å²) in [6.07, 6.45) is 31.0. The molecule has 7 heteroatoms. The van der Waals surface area contributed by atoms with Crippen molar-refractivity contribution in [1.29, 1.82) is 0 Å². The zero-order chi connectivity index (χ0) is 31.7. The van der Waals surface area contributed by atoms with E-state index >= 15 is 0 Å². The van der Waals surface area contributed by atoms with E-state index in [0.29, 0.717) is 12.8 Å². The first-order valence-corrected chi connectivity index (χ1v) is 19.5. The fourth-order valence-electron chi connectivity index (χ4n) is 7.24. The predicted molar refractivity (Wildman–Crippen MR) is 177 cm³/mol. The molecule has 45 heavy (non-hydrogen) atoms. The van der Waals surface area contributed by atoms with Gasteiger partial charge in [-0.3, -0.25) is 9.59 Å². The topological polar surface area (TPSA) is 90.2 Å². The lowest BCUT2D eigenvalue weighted by Gasteiger charge is -2.25. The summed E-state index contributed by atoms with van der Waals surface area (Å²) in [6.45, 7) is 4.53. The van der Waals surface area contributed by atoms with Gasteiger partial charge in [0.1, 0.15) is 12.2 Å². The van der Waals surface area contributed by atoms with Crippen LogP contribution in [-0.2, 0) is 33.3 Å². The molecule has 0 amide bonds. The fourth-order valence-corrected chi connectivity index (χ4v) is 7.24. The van der Waals surface area contributed by atoms with Gasteiger partial charge in [0.15, 0.2) is 0 Å². The number of rotatable bonds is 28. The van der Waals surface area contributed by atoms with E-state index in [0.717, 1.165) is 25.7 Å². The Labute approximate surface area is 274 Å². The zero-order valence-electron chi connectivity index (χ0n) is 28.9. The molecule has 0 spiro atoms. The van der Waals surface area contributed by atoms with Crippen molar-refractivity contribution in [2.45, 2.75) is 218 Å². The molecule has 1 saturated carbocycles. The van der Waals surface area contributed by atoms with Crippen LogP contribution in [-0.4, -0.2) is 48.9 Å². The molecule has 8 unspecified atom stereocenters. The molecule has 260 valence electrons. The smallest absolute Gasteiger partial charge is 0.312 e. The highest BCUT2D eigenvalue weighted by Crippen LogP contribution is 2.45. The van der Waals surface area contributed by atoms with Gasteiger partial charge in [-0.05, 0) is 25.7 Å². The number of fused-ring (bicyclic) bond motifs is 1. The third-order valence-corrected chi connectivity index (χ3v) is 10.5. The molecule has 0 bridgehead atoms. The van der Waals surface area contributed by atoms with Crippen LogP contribution in [0.5, 0.6) is 0 Å². The van der Waals surface area contributed by atoms with Gasteiger partial charge >= 0.3 is 11.9 Å². The summed E-state index contributed by atoms with van der Waals surface area (Å²) >= 11 is 0. The molecule has 4 fully saturated rings. The van der Waals surface area contributed by atoms with Gasteiger partial charge in [0.05, 0.1) is 24.0 Å². The molecule has 3 saturated heterocycles. The minimum Gasteiger partial charge on any atom is -0.433 e. The Bertz CT molecular complexity index is 767. The number of esters is 2. The van der Waals surface area contributed by atoms with E-state index in [-0.39, 0.29) is 36.4 Å². The Morgan fingerprint density at radius 1 is 0.467 bits per heavy atom. The van der Waals surface area contributed by atoms with Crippen LogP contribution in [0.15, 0.2) is 0 Å². The standard InChI is InChI=1S/C38H66O7/c1-3-5-7-9-11-13-15-17-19-21-23-25-31-37(42-31)44-35(39)29-27-33-34(41-33)28-30(29)36(40)45-38-32(43-38)26-24-22-20-18-16-14-12-10-8-6-4-2/h29-34,37-38H,3-28H2,1-2H3. The van der Waals surface area contributed by atoms with Crippen LogP contribution >= 0.6 is 0 Å². The van der Waals surface area contributed by atoms with Crippen molar-refractivity contribution in [3.63, 3.8) is 0 Å². The first-order chi connectivity index (χ1) is 22.1. The van der Waals surface area contributed by atoms with Crippen molar-refractivity contribution in [3.8, 4) is 0 Å². The van der Waals surface area contributed by atoms with Crippen LogP contribution in [0.3, 0.4) is 0 Å². The van der Waals surface area contributed by atoms with Gasteiger partial charge in [0.2, 0.25) is 12.6 Å². The summed E-state index contributed by atoms with van der Waals surface area (Å²) in [5, 5.41) is 0. The van der Waals surface area contributed by atoms with E-state index in [2.05, 4.69) is 13.8 Å². The van der Waals surface area contributed by atoms with Gasteiger partial charge in [-0.2, -0.15) is 0 Å². The summed E-state index contributed by atoms with van der Waals surface area (Å²) < 4.78 is 28.5. The minimum atomic E-state index is -0.531. The third kappa shape index (κ3) is 14.2. The highest BCUT2D eigenvalue weighted by molar-refractivity contribution is 5.83. The van der Waals surface area contributed by atoms with Crippen LogP contribution in [0.25, 0.3) is 0 Å². The number of hydrogen-bond acceptors (Lipinski definition) is 7. The van der Waals surface area contributed by atoms with Gasteiger partial charge < -0.3 is 23.7 Å². The molecular formula is C38H66O7. The quantitative estimate of drug-likeness (QED) is 0.0481. The molecule has 0 aromatic rings. The molecule has 0 aromatic carbocycles. The third-order valence-electron chi connectivity index (χ3n) is 10.5. The Hall–Kier alpha value is -1.18. The highest BCUT2D eigenvalue weighted by atomic mass is 16.8. The summed E-state index contributed by atoms with van der Waals surface area (Å²) in [4.78, 5) is 26.3. The van der Waals surface area contributed by atoms with E-state index in [1.54, 1.807) is 0 Å². The Morgan fingerprint density at radius 3 is 1.11 bits per heavy atom. The number of carbonyl (C=O) groups excluding carboxylic acids is 2. The predicted octanol–water partition coefficient (Wildman–Crippen LogP) is 9.72. The van der Waals surface area contributed by atoms with Crippen molar-refractivity contribution < 1.29 is 33.3 Å². The van der Waals surface area contributed by atoms with Crippen molar-refractivity contribution >= 4 is 11.9 Å². The molecule has 1 aliphatic carbocycles. The van der Waals surface area contributed by atoms with E-state index in [1.165, 1.54) is 128 Å². The van der Waals surface area contributed by atoms with Gasteiger partial charge in [0, 0.05) is 0 Å². The van der Waals surface area contributed by atoms with Crippen LogP contribution in [0.1, 0.15) is 181 Å². The molecular weight excluding hydrogens is 568 g/mol. The van der Waals surface area contributed by atoms with E-state index in [4.69, 9.17) is 23.7 Å². The average molecular weight is 635 g/mol. The van der Waals surface area contributed by atoms with Crippen molar-refractivity contribution in [2.24, 2.45) is 11.8 Å². The number of hydrogen-bond donors (Lipinski definition) is 0. The average Bonchev–Trinajstić information content (AvgIpc) is 3.96. The highest BCUT2D eigenvalue weighted by Gasteiger charge is 2.56. The van der Waals surface area contributed by atoms with Crippen LogP contribution in [0, 0.1) is 11.8 Å². The monoisotopic (exact) mass is 634 g/mol. The number of unbranched alkanes of at least 4 members (excludes halogenated alkanes) is 20. The summed E-state index contributed by atoms with van der Waals surface area (Å²) in [5.41, 5.74) is 0. The van der Waals surface area contributed by atoms with Crippen molar-refractivity contribution in [3.05, 3.63) is 0 Å². The van der Waals surface area contributed by atoms with Crippen molar-refractivity contribution in [2.75, 3.05) is 0 Å². The second-order valence-corrected chi connectivity index (χ2v) is 14.5. The Balaban J connectivity index is 1.01. The lowest BCUT2D eigenvalue weighted by Crippen LogP contribution is -2.38. The molecule has 4 rings (SSSR count). The molecule has 3 heterocycles. The second-order valence-electron chi connectivity index (χ2n) is 14.5. The first-order valence-electron chi connectivity index (χ1n) is 19.5. The lowest BCUT2D eigenvalue weighted by molar-refractivity contribution is -0.167. The van der Waals surface area contributed by atoms with Gasteiger partial charge in [-0.1, -0.05) is 155 Å².